The van der Waals surface area contributed by atoms with Gasteiger partial charge in [0.25, 0.3) is 5.91 Å². The van der Waals surface area contributed by atoms with Gasteiger partial charge in [0.2, 0.25) is 0 Å². The summed E-state index contributed by atoms with van der Waals surface area (Å²) >= 11 is 11.8. The van der Waals surface area contributed by atoms with Crippen molar-refractivity contribution in [3.8, 4) is 5.75 Å². The molecule has 26 heavy (non-hydrogen) atoms. The van der Waals surface area contributed by atoms with Crippen molar-refractivity contribution in [2.24, 2.45) is 0 Å². The lowest BCUT2D eigenvalue weighted by atomic mass is 10.2. The highest BCUT2D eigenvalue weighted by atomic mass is 35.5. The number of halogens is 3. The van der Waals surface area contributed by atoms with Crippen molar-refractivity contribution >= 4 is 40.8 Å². The average Bonchev–Trinajstić information content (AvgIpc) is 2.58. The second-order valence-electron chi connectivity index (χ2n) is 5.40. The molecule has 0 aliphatic heterocycles. The molecule has 0 aromatic heterocycles. The molecule has 2 aromatic carbocycles. The third-order valence-electron chi connectivity index (χ3n) is 3.44. The monoisotopic (exact) mass is 399 g/mol. The van der Waals surface area contributed by atoms with Crippen LogP contribution in [0.5, 0.6) is 5.75 Å². The second kappa shape index (κ2) is 8.87. The smallest absolute Gasteiger partial charge is 0.344 e. The summed E-state index contributed by atoms with van der Waals surface area (Å²) in [5.74, 6) is -1.66. The number of anilines is 1. The first-order valence-electron chi connectivity index (χ1n) is 7.61. The third-order valence-corrected chi connectivity index (χ3v) is 4.15. The Balaban J connectivity index is 1.87. The molecular weight excluding hydrogens is 384 g/mol. The molecule has 0 unspecified atom stereocenters. The number of hydrogen-bond acceptors (Lipinski definition) is 4. The molecule has 2 aromatic rings. The fraction of sp³-hybridized carbons (Fsp3) is 0.222. The van der Waals surface area contributed by atoms with Crippen molar-refractivity contribution in [2.45, 2.75) is 20.0 Å². The quantitative estimate of drug-likeness (QED) is 0.731. The van der Waals surface area contributed by atoms with E-state index in [1.54, 1.807) is 25.1 Å². The number of hydrogen-bond donors (Lipinski definition) is 1. The van der Waals surface area contributed by atoms with E-state index >= 15 is 0 Å². The standard InChI is InChI=1S/C18H16Cl2FNO4/c1-10-13(19)4-3-5-15(10)22-18(24)11(2)26-17(23)9-25-16-7-6-12(21)8-14(16)20/h3-8,11H,9H2,1-2H3,(H,22,24)/t11-/m0/s1. The van der Waals surface area contributed by atoms with E-state index in [0.717, 1.165) is 12.1 Å². The van der Waals surface area contributed by atoms with Crippen molar-refractivity contribution in [1.82, 2.24) is 0 Å². The molecule has 1 atom stereocenters. The van der Waals surface area contributed by atoms with Gasteiger partial charge in [-0.2, -0.15) is 0 Å². The molecule has 1 amide bonds. The molecule has 138 valence electrons. The summed E-state index contributed by atoms with van der Waals surface area (Å²) in [5, 5.41) is 3.18. The van der Waals surface area contributed by atoms with Crippen LogP contribution in [0.2, 0.25) is 10.0 Å². The van der Waals surface area contributed by atoms with Crippen LogP contribution in [0.3, 0.4) is 0 Å². The van der Waals surface area contributed by atoms with E-state index in [-0.39, 0.29) is 10.8 Å². The van der Waals surface area contributed by atoms with Gasteiger partial charge in [-0.1, -0.05) is 29.3 Å². The molecular formula is C18H16Cl2FNO4. The first-order valence-corrected chi connectivity index (χ1v) is 8.37. The van der Waals surface area contributed by atoms with Crippen molar-refractivity contribution in [3.63, 3.8) is 0 Å². The molecule has 5 nitrogen and oxygen atoms in total. The number of ether oxygens (including phenoxy) is 2. The maximum atomic E-state index is 13.0. The Morgan fingerprint density at radius 1 is 1.19 bits per heavy atom. The van der Waals surface area contributed by atoms with E-state index in [0.29, 0.717) is 16.3 Å². The van der Waals surface area contributed by atoms with Gasteiger partial charge in [-0.05, 0) is 49.7 Å². The predicted molar refractivity (Wildman–Crippen MR) is 97.3 cm³/mol. The SMILES string of the molecule is Cc1c(Cl)cccc1NC(=O)[C@H](C)OC(=O)COc1ccc(F)cc1Cl. The minimum Gasteiger partial charge on any atom is -0.480 e. The number of esters is 1. The Bertz CT molecular complexity index is 829. The second-order valence-corrected chi connectivity index (χ2v) is 6.21. The van der Waals surface area contributed by atoms with Crippen LogP contribution in [0.25, 0.3) is 0 Å². The van der Waals surface area contributed by atoms with Gasteiger partial charge in [0.1, 0.15) is 11.6 Å². The number of amides is 1. The summed E-state index contributed by atoms with van der Waals surface area (Å²) in [4.78, 5) is 24.0. The van der Waals surface area contributed by atoms with E-state index in [1.165, 1.54) is 13.0 Å². The van der Waals surface area contributed by atoms with Gasteiger partial charge in [-0.15, -0.1) is 0 Å². The summed E-state index contributed by atoms with van der Waals surface area (Å²) in [7, 11) is 0. The van der Waals surface area contributed by atoms with Crippen LogP contribution < -0.4 is 10.1 Å². The van der Waals surface area contributed by atoms with E-state index in [1.807, 2.05) is 0 Å². The number of benzene rings is 2. The van der Waals surface area contributed by atoms with Gasteiger partial charge in [0, 0.05) is 10.7 Å². The predicted octanol–water partition coefficient (Wildman–Crippen LogP) is 4.39. The van der Waals surface area contributed by atoms with Gasteiger partial charge in [0.05, 0.1) is 5.02 Å². The molecule has 0 saturated carbocycles. The molecule has 0 heterocycles. The van der Waals surface area contributed by atoms with Crippen molar-refractivity contribution in [1.29, 1.82) is 0 Å². The number of nitrogens with one attached hydrogen (secondary N) is 1. The zero-order valence-electron chi connectivity index (χ0n) is 14.0. The molecule has 0 aliphatic rings. The van der Waals surface area contributed by atoms with Crippen LogP contribution in [0, 0.1) is 12.7 Å². The van der Waals surface area contributed by atoms with Crippen LogP contribution in [-0.4, -0.2) is 24.6 Å². The summed E-state index contributed by atoms with van der Waals surface area (Å²) in [6.07, 6.45) is -1.05. The Hall–Kier alpha value is -2.31. The minimum atomic E-state index is -1.05. The Labute approximate surface area is 160 Å². The van der Waals surface area contributed by atoms with Crippen LogP contribution in [0.4, 0.5) is 10.1 Å². The zero-order chi connectivity index (χ0) is 19.3. The van der Waals surface area contributed by atoms with E-state index in [2.05, 4.69) is 5.32 Å². The molecule has 0 bridgehead atoms. The number of rotatable bonds is 6. The van der Waals surface area contributed by atoms with Crippen molar-refractivity contribution in [3.05, 3.63) is 57.8 Å². The molecule has 0 aliphatic carbocycles. The lowest BCUT2D eigenvalue weighted by molar-refractivity contribution is -0.155. The first kappa shape index (κ1) is 20.0. The summed E-state index contributed by atoms with van der Waals surface area (Å²) in [5.41, 5.74) is 1.23. The highest BCUT2D eigenvalue weighted by molar-refractivity contribution is 6.32. The van der Waals surface area contributed by atoms with E-state index in [4.69, 9.17) is 32.7 Å². The highest BCUT2D eigenvalue weighted by Gasteiger charge is 2.19. The maximum absolute atomic E-state index is 13.0. The summed E-state index contributed by atoms with van der Waals surface area (Å²) in [6.45, 7) is 2.71. The molecule has 0 radical (unpaired) electrons. The number of carbonyl (C=O) groups excluding carboxylic acids is 2. The molecule has 1 N–H and O–H groups in total. The minimum absolute atomic E-state index is 0.0278. The van der Waals surface area contributed by atoms with Gasteiger partial charge >= 0.3 is 5.97 Å². The van der Waals surface area contributed by atoms with Gasteiger partial charge in [-0.3, -0.25) is 4.79 Å². The van der Waals surface area contributed by atoms with Crippen LogP contribution in [-0.2, 0) is 14.3 Å². The first-order chi connectivity index (χ1) is 12.3. The molecule has 0 spiro atoms. The number of carbonyl (C=O) groups is 2. The average molecular weight is 400 g/mol. The van der Waals surface area contributed by atoms with Crippen LogP contribution in [0.1, 0.15) is 12.5 Å². The van der Waals surface area contributed by atoms with E-state index < -0.39 is 30.4 Å². The molecule has 0 saturated heterocycles. The fourth-order valence-electron chi connectivity index (χ4n) is 1.99. The Morgan fingerprint density at radius 2 is 1.92 bits per heavy atom. The summed E-state index contributed by atoms with van der Waals surface area (Å²) < 4.78 is 23.1. The maximum Gasteiger partial charge on any atom is 0.344 e. The lowest BCUT2D eigenvalue weighted by Crippen LogP contribution is -2.31. The third kappa shape index (κ3) is 5.34. The van der Waals surface area contributed by atoms with Gasteiger partial charge in [0.15, 0.2) is 12.7 Å². The lowest BCUT2D eigenvalue weighted by Gasteiger charge is -2.15. The van der Waals surface area contributed by atoms with Crippen molar-refractivity contribution < 1.29 is 23.5 Å². The highest BCUT2D eigenvalue weighted by Crippen LogP contribution is 2.25. The fourth-order valence-corrected chi connectivity index (χ4v) is 2.39. The Kier molecular flexibility index (Phi) is 6.83. The topological polar surface area (TPSA) is 64.6 Å². The zero-order valence-corrected chi connectivity index (χ0v) is 15.5. The Morgan fingerprint density at radius 3 is 2.62 bits per heavy atom. The van der Waals surface area contributed by atoms with Gasteiger partial charge in [-0.25, -0.2) is 9.18 Å². The van der Waals surface area contributed by atoms with Gasteiger partial charge < -0.3 is 14.8 Å². The summed E-state index contributed by atoms with van der Waals surface area (Å²) in [6, 6.07) is 8.59. The normalized spacial score (nSPS) is 11.6. The van der Waals surface area contributed by atoms with E-state index in [9.17, 15) is 14.0 Å². The van der Waals surface area contributed by atoms with Crippen molar-refractivity contribution in [2.75, 3.05) is 11.9 Å². The molecule has 0 fully saturated rings. The molecule has 8 heteroatoms. The molecule has 2 rings (SSSR count). The van der Waals surface area contributed by atoms with Crippen LogP contribution >= 0.6 is 23.2 Å². The van der Waals surface area contributed by atoms with Crippen LogP contribution in [0.15, 0.2) is 36.4 Å². The largest absolute Gasteiger partial charge is 0.480 e.